The second-order valence-corrected chi connectivity index (χ2v) is 3.59. The van der Waals surface area contributed by atoms with Gasteiger partial charge in [-0.25, -0.2) is 0 Å². The topological polar surface area (TPSA) is 59.2 Å². The lowest BCUT2D eigenvalue weighted by Gasteiger charge is -2.10. The van der Waals surface area contributed by atoms with E-state index in [2.05, 4.69) is 14.7 Å². The van der Waals surface area contributed by atoms with Gasteiger partial charge in [-0.2, -0.15) is 18.2 Å². The van der Waals surface area contributed by atoms with E-state index in [4.69, 9.17) is 5.11 Å². The second-order valence-electron chi connectivity index (χ2n) is 3.59. The zero-order valence-electron chi connectivity index (χ0n) is 9.11. The fourth-order valence-electron chi connectivity index (χ4n) is 1.55. The highest BCUT2D eigenvalue weighted by Gasteiger charge is 2.33. The Kier molecular flexibility index (Phi) is 3.33. The molecule has 4 nitrogen and oxygen atoms in total. The van der Waals surface area contributed by atoms with Crippen LogP contribution in [0.25, 0.3) is 0 Å². The van der Waals surface area contributed by atoms with Crippen molar-refractivity contribution in [2.24, 2.45) is 0 Å². The molecule has 0 aliphatic rings. The third kappa shape index (κ3) is 2.67. The molecular weight excluding hydrogens is 249 g/mol. The highest BCUT2D eigenvalue weighted by Crippen LogP contribution is 2.32. The molecule has 0 spiro atoms. The SMILES string of the molecule is OCc1nc(Cc2ccccc2C(F)(F)F)no1. The molecule has 1 aromatic heterocycles. The van der Waals surface area contributed by atoms with Crippen molar-refractivity contribution in [3.63, 3.8) is 0 Å². The lowest BCUT2D eigenvalue weighted by molar-refractivity contribution is -0.138. The molecule has 2 aromatic rings. The van der Waals surface area contributed by atoms with Gasteiger partial charge in [0.25, 0.3) is 5.89 Å². The third-order valence-electron chi connectivity index (χ3n) is 2.32. The summed E-state index contributed by atoms with van der Waals surface area (Å²) in [4.78, 5) is 3.75. The lowest BCUT2D eigenvalue weighted by Crippen LogP contribution is -2.09. The molecule has 0 aliphatic heterocycles. The molecule has 96 valence electrons. The molecule has 1 aromatic carbocycles. The van der Waals surface area contributed by atoms with Gasteiger partial charge in [0, 0.05) is 6.42 Å². The summed E-state index contributed by atoms with van der Waals surface area (Å²) in [5.74, 6) is 0.0882. The lowest BCUT2D eigenvalue weighted by atomic mass is 10.0. The first-order valence-electron chi connectivity index (χ1n) is 5.08. The number of alkyl halides is 3. The summed E-state index contributed by atoms with van der Waals surface area (Å²) in [5.41, 5.74) is -0.657. The minimum Gasteiger partial charge on any atom is -0.387 e. The minimum atomic E-state index is -4.42. The molecule has 0 saturated heterocycles. The van der Waals surface area contributed by atoms with Gasteiger partial charge in [0.2, 0.25) is 0 Å². The second kappa shape index (κ2) is 4.77. The Morgan fingerprint density at radius 3 is 2.56 bits per heavy atom. The van der Waals surface area contributed by atoms with Gasteiger partial charge in [0.1, 0.15) is 6.61 Å². The zero-order chi connectivity index (χ0) is 13.2. The van der Waals surface area contributed by atoms with Gasteiger partial charge < -0.3 is 9.63 Å². The van der Waals surface area contributed by atoms with Crippen molar-refractivity contribution >= 4 is 0 Å². The summed E-state index contributed by atoms with van der Waals surface area (Å²) >= 11 is 0. The first kappa shape index (κ1) is 12.6. The van der Waals surface area contributed by atoms with Gasteiger partial charge in [-0.3, -0.25) is 0 Å². The summed E-state index contributed by atoms with van der Waals surface area (Å²) in [6, 6.07) is 5.19. The van der Waals surface area contributed by atoms with Crippen LogP contribution in [0, 0.1) is 0 Å². The molecule has 18 heavy (non-hydrogen) atoms. The molecular formula is C11H9F3N2O2. The van der Waals surface area contributed by atoms with Crippen molar-refractivity contribution in [2.75, 3.05) is 0 Å². The van der Waals surface area contributed by atoms with Crippen LogP contribution in [0.4, 0.5) is 13.2 Å². The van der Waals surface area contributed by atoms with E-state index >= 15 is 0 Å². The van der Waals surface area contributed by atoms with E-state index in [9.17, 15) is 13.2 Å². The summed E-state index contributed by atoms with van der Waals surface area (Å²) in [6.45, 7) is -0.437. The number of aliphatic hydroxyl groups excluding tert-OH is 1. The fourth-order valence-corrected chi connectivity index (χ4v) is 1.55. The number of halogens is 3. The normalized spacial score (nSPS) is 11.8. The van der Waals surface area contributed by atoms with Gasteiger partial charge >= 0.3 is 6.18 Å². The van der Waals surface area contributed by atoms with E-state index in [1.807, 2.05) is 0 Å². The molecule has 7 heteroatoms. The van der Waals surface area contributed by atoms with Crippen molar-refractivity contribution in [2.45, 2.75) is 19.2 Å². The van der Waals surface area contributed by atoms with Gasteiger partial charge in [0.05, 0.1) is 5.56 Å². The Hall–Kier alpha value is -1.89. The number of aromatic nitrogens is 2. The van der Waals surface area contributed by atoms with Crippen LogP contribution in [0.5, 0.6) is 0 Å². The van der Waals surface area contributed by atoms with Crippen LogP contribution >= 0.6 is 0 Å². The average Bonchev–Trinajstić information content (AvgIpc) is 2.76. The van der Waals surface area contributed by atoms with Crippen molar-refractivity contribution in [1.82, 2.24) is 10.1 Å². The number of hydrogen-bond donors (Lipinski definition) is 1. The smallest absolute Gasteiger partial charge is 0.387 e. The third-order valence-corrected chi connectivity index (χ3v) is 2.32. The quantitative estimate of drug-likeness (QED) is 0.916. The number of nitrogens with zero attached hydrogens (tertiary/aromatic N) is 2. The molecule has 0 saturated carbocycles. The van der Waals surface area contributed by atoms with E-state index in [0.29, 0.717) is 0 Å². The summed E-state index contributed by atoms with van der Waals surface area (Å²) < 4.78 is 42.8. The Labute approximate surface area is 100 Å². The maximum Gasteiger partial charge on any atom is 0.416 e. The van der Waals surface area contributed by atoms with Crippen LogP contribution in [-0.2, 0) is 19.2 Å². The van der Waals surface area contributed by atoms with Crippen LogP contribution in [0.1, 0.15) is 22.8 Å². The Balaban J connectivity index is 2.29. The van der Waals surface area contributed by atoms with Gasteiger partial charge in [-0.1, -0.05) is 23.4 Å². The highest BCUT2D eigenvalue weighted by molar-refractivity contribution is 5.31. The predicted octanol–water partition coefficient (Wildman–Crippen LogP) is 2.17. The van der Waals surface area contributed by atoms with Crippen LogP contribution in [0.3, 0.4) is 0 Å². The van der Waals surface area contributed by atoms with Gasteiger partial charge in [-0.15, -0.1) is 0 Å². The maximum atomic E-state index is 12.7. The van der Waals surface area contributed by atoms with E-state index in [0.717, 1.165) is 6.07 Å². The van der Waals surface area contributed by atoms with Crippen LogP contribution in [0.15, 0.2) is 28.8 Å². The first-order valence-corrected chi connectivity index (χ1v) is 5.08. The average molecular weight is 258 g/mol. The Bertz CT molecular complexity index is 537. The molecule has 0 fully saturated rings. The summed E-state index contributed by atoms with van der Waals surface area (Å²) in [6.07, 6.45) is -4.51. The number of aliphatic hydroxyl groups is 1. The highest BCUT2D eigenvalue weighted by atomic mass is 19.4. The Morgan fingerprint density at radius 2 is 1.94 bits per heavy atom. The monoisotopic (exact) mass is 258 g/mol. The number of benzene rings is 1. The molecule has 2 rings (SSSR count). The zero-order valence-corrected chi connectivity index (χ0v) is 9.11. The van der Waals surface area contributed by atoms with Crippen LogP contribution in [-0.4, -0.2) is 15.2 Å². The molecule has 0 unspecified atom stereocenters. The van der Waals surface area contributed by atoms with Crippen molar-refractivity contribution in [3.05, 3.63) is 47.1 Å². The molecule has 1 heterocycles. The largest absolute Gasteiger partial charge is 0.416 e. The summed E-state index contributed by atoms with van der Waals surface area (Å²) in [5, 5.41) is 12.2. The molecule has 0 aliphatic carbocycles. The Morgan fingerprint density at radius 1 is 1.22 bits per heavy atom. The van der Waals surface area contributed by atoms with E-state index in [-0.39, 0.29) is 23.7 Å². The summed E-state index contributed by atoms with van der Waals surface area (Å²) in [7, 11) is 0. The molecule has 0 amide bonds. The standard InChI is InChI=1S/C11H9F3N2O2/c12-11(13,14)8-4-2-1-3-7(8)5-9-15-10(6-17)18-16-9/h1-4,17H,5-6H2. The predicted molar refractivity (Wildman–Crippen MR) is 54.5 cm³/mol. The molecule has 1 N–H and O–H groups in total. The van der Waals surface area contributed by atoms with E-state index in [1.54, 1.807) is 0 Å². The van der Waals surface area contributed by atoms with Crippen molar-refractivity contribution in [1.29, 1.82) is 0 Å². The van der Waals surface area contributed by atoms with E-state index < -0.39 is 18.3 Å². The number of rotatable bonds is 3. The van der Waals surface area contributed by atoms with Gasteiger partial charge in [-0.05, 0) is 11.6 Å². The van der Waals surface area contributed by atoms with E-state index in [1.165, 1.54) is 18.2 Å². The maximum absolute atomic E-state index is 12.7. The van der Waals surface area contributed by atoms with Crippen LogP contribution < -0.4 is 0 Å². The minimum absolute atomic E-state index is 0.0190. The molecule has 0 atom stereocenters. The molecule has 0 bridgehead atoms. The molecule has 0 radical (unpaired) electrons. The van der Waals surface area contributed by atoms with Gasteiger partial charge in [0.15, 0.2) is 5.82 Å². The first-order chi connectivity index (χ1) is 8.50. The van der Waals surface area contributed by atoms with Crippen molar-refractivity contribution in [3.8, 4) is 0 Å². The van der Waals surface area contributed by atoms with Crippen LogP contribution in [0.2, 0.25) is 0 Å². The fraction of sp³-hybridized carbons (Fsp3) is 0.273. The number of hydrogen-bond acceptors (Lipinski definition) is 4. The van der Waals surface area contributed by atoms with Crippen molar-refractivity contribution < 1.29 is 22.8 Å².